The van der Waals surface area contributed by atoms with Crippen LogP contribution < -0.4 is 19.5 Å². The number of hydrogen-bond donors (Lipinski definition) is 1. The fraction of sp³-hybridized carbons (Fsp3) is 0.440. The molecule has 10 heteroatoms. The lowest BCUT2D eigenvalue weighted by Gasteiger charge is -2.14. The summed E-state index contributed by atoms with van der Waals surface area (Å²) in [5, 5.41) is 8.90. The van der Waals surface area contributed by atoms with Crippen LogP contribution in [0.2, 0.25) is 0 Å². The molecule has 10 nitrogen and oxygen atoms in total. The molecule has 5 rings (SSSR count). The van der Waals surface area contributed by atoms with Gasteiger partial charge in [0.05, 0.1) is 50.8 Å². The van der Waals surface area contributed by atoms with Gasteiger partial charge in [-0.05, 0) is 32.1 Å². The first kappa shape index (κ1) is 22.9. The molecule has 3 aromatic heterocycles. The van der Waals surface area contributed by atoms with Gasteiger partial charge in [0.15, 0.2) is 17.1 Å². The number of nitrogens with one attached hydrogen (secondary N) is 1. The zero-order chi connectivity index (χ0) is 24.5. The second kappa shape index (κ2) is 9.44. The van der Waals surface area contributed by atoms with Crippen molar-refractivity contribution < 1.29 is 14.2 Å². The third-order valence-electron chi connectivity index (χ3n) is 6.45. The molecule has 0 radical (unpaired) electrons. The molecule has 0 spiro atoms. The van der Waals surface area contributed by atoms with E-state index in [0.717, 1.165) is 41.2 Å². The third-order valence-corrected chi connectivity index (χ3v) is 6.45. The summed E-state index contributed by atoms with van der Waals surface area (Å²) in [5.41, 5.74) is 1.68. The molecule has 184 valence electrons. The highest BCUT2D eigenvalue weighted by Gasteiger charge is 2.25. The van der Waals surface area contributed by atoms with E-state index in [4.69, 9.17) is 24.2 Å². The molecule has 1 fully saturated rings. The summed E-state index contributed by atoms with van der Waals surface area (Å²) in [6.45, 7) is 4.31. The minimum absolute atomic E-state index is 0.253. The van der Waals surface area contributed by atoms with Crippen molar-refractivity contribution in [3.63, 3.8) is 0 Å². The molecule has 0 amide bonds. The summed E-state index contributed by atoms with van der Waals surface area (Å²) in [5.74, 6) is 4.59. The van der Waals surface area contributed by atoms with E-state index in [1.807, 2.05) is 33.8 Å². The van der Waals surface area contributed by atoms with Gasteiger partial charge in [-0.2, -0.15) is 5.10 Å². The van der Waals surface area contributed by atoms with Crippen LogP contribution in [-0.2, 0) is 6.42 Å². The van der Waals surface area contributed by atoms with Gasteiger partial charge >= 0.3 is 0 Å². The predicted molar refractivity (Wildman–Crippen MR) is 133 cm³/mol. The van der Waals surface area contributed by atoms with Gasteiger partial charge in [0.2, 0.25) is 5.75 Å². The molecule has 0 aliphatic heterocycles. The van der Waals surface area contributed by atoms with E-state index in [1.54, 1.807) is 27.7 Å². The number of fused-ring (bicyclic) bond motifs is 1. The van der Waals surface area contributed by atoms with Crippen molar-refractivity contribution in [1.29, 1.82) is 0 Å². The molecule has 3 heterocycles. The number of anilines is 2. The Hall–Kier alpha value is -3.82. The van der Waals surface area contributed by atoms with Crippen molar-refractivity contribution in [3.8, 4) is 22.9 Å². The van der Waals surface area contributed by atoms with Crippen LogP contribution in [0.15, 0.2) is 30.9 Å². The molecule has 0 saturated heterocycles. The van der Waals surface area contributed by atoms with E-state index >= 15 is 0 Å². The third kappa shape index (κ3) is 4.48. The van der Waals surface area contributed by atoms with Crippen molar-refractivity contribution in [3.05, 3.63) is 36.7 Å². The van der Waals surface area contributed by atoms with Gasteiger partial charge in [0.1, 0.15) is 23.8 Å². The first-order valence-electron chi connectivity index (χ1n) is 11.9. The van der Waals surface area contributed by atoms with Crippen LogP contribution >= 0.6 is 0 Å². The Morgan fingerprint density at radius 3 is 2.46 bits per heavy atom. The van der Waals surface area contributed by atoms with Gasteiger partial charge in [-0.25, -0.2) is 19.6 Å². The molecule has 1 saturated carbocycles. The maximum atomic E-state index is 5.49. The maximum absolute atomic E-state index is 5.49. The van der Waals surface area contributed by atoms with Crippen LogP contribution in [-0.4, -0.2) is 50.6 Å². The summed E-state index contributed by atoms with van der Waals surface area (Å²) in [7, 11) is 4.78. The molecule has 1 aromatic carbocycles. The van der Waals surface area contributed by atoms with E-state index < -0.39 is 0 Å². The van der Waals surface area contributed by atoms with Crippen molar-refractivity contribution in [2.24, 2.45) is 5.92 Å². The fourth-order valence-electron chi connectivity index (χ4n) is 4.10. The van der Waals surface area contributed by atoms with Crippen LogP contribution in [0.1, 0.15) is 45.0 Å². The highest BCUT2D eigenvalue weighted by atomic mass is 16.5. The normalized spacial score (nSPS) is 14.2. The number of hydrogen-bond acceptors (Lipinski definition) is 8. The number of ether oxygens (including phenoxy) is 3. The smallest absolute Gasteiger partial charge is 0.203 e. The number of rotatable bonds is 10. The Balaban J connectivity index is 1.50. The van der Waals surface area contributed by atoms with E-state index in [9.17, 15) is 0 Å². The van der Waals surface area contributed by atoms with Crippen molar-refractivity contribution in [1.82, 2.24) is 29.3 Å². The molecule has 1 aliphatic carbocycles. The van der Waals surface area contributed by atoms with Gasteiger partial charge in [-0.3, -0.25) is 0 Å². The average Bonchev–Trinajstić information content (AvgIpc) is 3.38. The number of benzene rings is 1. The highest BCUT2D eigenvalue weighted by molar-refractivity contribution is 5.88. The van der Waals surface area contributed by atoms with Gasteiger partial charge in [-0.15, -0.1) is 0 Å². The average molecular weight is 478 g/mol. The van der Waals surface area contributed by atoms with Crippen LogP contribution in [0.4, 0.5) is 11.6 Å². The number of methoxy groups -OCH3 is 3. The van der Waals surface area contributed by atoms with Crippen LogP contribution in [0.25, 0.3) is 16.7 Å². The minimum Gasteiger partial charge on any atom is -0.493 e. The van der Waals surface area contributed by atoms with E-state index in [0.29, 0.717) is 29.0 Å². The second-order valence-electron chi connectivity index (χ2n) is 8.89. The second-order valence-corrected chi connectivity index (χ2v) is 8.89. The SMILES string of the molecule is CC[C@H](C)n1ncc2c(Nc3cn(-c4cc(OC)c(OC)c(OC)c4)cn3)nc(CC3CC3)nc21. The van der Waals surface area contributed by atoms with Gasteiger partial charge < -0.3 is 24.1 Å². The summed E-state index contributed by atoms with van der Waals surface area (Å²) >= 11 is 0. The van der Waals surface area contributed by atoms with E-state index in [-0.39, 0.29) is 6.04 Å². The van der Waals surface area contributed by atoms with Gasteiger partial charge in [-0.1, -0.05) is 6.92 Å². The first-order chi connectivity index (χ1) is 17.0. The maximum Gasteiger partial charge on any atom is 0.203 e. The molecule has 35 heavy (non-hydrogen) atoms. The van der Waals surface area contributed by atoms with Crippen molar-refractivity contribution >= 4 is 22.7 Å². The standard InChI is InChI=1S/C25H31N7O3/c1-6-15(2)32-25-18(12-27-32)24(28-21(30-25)9-16-7-8-16)29-22-13-31(14-26-22)17-10-19(33-3)23(35-5)20(11-17)34-4/h10-16H,6-9H2,1-5H3,(H,28,29,30)/t15-/m0/s1. The highest BCUT2D eigenvalue weighted by Crippen LogP contribution is 2.39. The summed E-state index contributed by atoms with van der Waals surface area (Å²) in [6, 6.07) is 4.00. The zero-order valence-corrected chi connectivity index (χ0v) is 20.8. The van der Waals surface area contributed by atoms with Crippen LogP contribution in [0, 0.1) is 5.92 Å². The summed E-state index contributed by atoms with van der Waals surface area (Å²) in [4.78, 5) is 14.3. The van der Waals surface area contributed by atoms with Crippen LogP contribution in [0.3, 0.4) is 0 Å². The number of aromatic nitrogens is 6. The fourth-order valence-corrected chi connectivity index (χ4v) is 4.10. The Morgan fingerprint density at radius 1 is 1.09 bits per heavy atom. The van der Waals surface area contributed by atoms with E-state index in [1.165, 1.54) is 12.8 Å². The predicted octanol–water partition coefficient (Wildman–Crippen LogP) is 4.70. The quantitative estimate of drug-likeness (QED) is 0.351. The minimum atomic E-state index is 0.253. The lowest BCUT2D eigenvalue weighted by Crippen LogP contribution is -2.09. The molecule has 4 aromatic rings. The summed E-state index contributed by atoms with van der Waals surface area (Å²) < 4.78 is 20.3. The molecule has 1 N–H and O–H groups in total. The molecule has 0 unspecified atom stereocenters. The van der Waals surface area contributed by atoms with Crippen molar-refractivity contribution in [2.75, 3.05) is 26.6 Å². The molecule has 1 aliphatic rings. The lowest BCUT2D eigenvalue weighted by molar-refractivity contribution is 0.324. The topological polar surface area (TPSA) is 101 Å². The molecule has 1 atom stereocenters. The number of nitrogens with zero attached hydrogens (tertiary/aromatic N) is 6. The largest absolute Gasteiger partial charge is 0.493 e. The lowest BCUT2D eigenvalue weighted by atomic mass is 10.2. The monoisotopic (exact) mass is 477 g/mol. The Bertz CT molecular complexity index is 1320. The van der Waals surface area contributed by atoms with Crippen molar-refractivity contribution in [2.45, 2.75) is 45.6 Å². The first-order valence-corrected chi connectivity index (χ1v) is 11.9. The molecular weight excluding hydrogens is 446 g/mol. The summed E-state index contributed by atoms with van der Waals surface area (Å²) in [6.07, 6.45) is 9.81. The van der Waals surface area contributed by atoms with Gasteiger partial charge in [0, 0.05) is 18.6 Å². The molecular formula is C25H31N7O3. The number of imidazole rings is 1. The Morgan fingerprint density at radius 2 is 1.83 bits per heavy atom. The van der Waals surface area contributed by atoms with Crippen LogP contribution in [0.5, 0.6) is 17.2 Å². The zero-order valence-electron chi connectivity index (χ0n) is 20.8. The Kier molecular flexibility index (Phi) is 6.19. The molecule has 0 bridgehead atoms. The van der Waals surface area contributed by atoms with Gasteiger partial charge in [0.25, 0.3) is 0 Å². The Labute approximate surface area is 204 Å². The van der Waals surface area contributed by atoms with E-state index in [2.05, 4.69) is 29.2 Å².